The molecule has 0 heterocycles. The first-order valence-corrected chi connectivity index (χ1v) is 14.4. The summed E-state index contributed by atoms with van der Waals surface area (Å²) in [5.74, 6) is -0.00667. The maximum Gasteiger partial charge on any atom is 0.356 e. The van der Waals surface area contributed by atoms with E-state index in [0.717, 1.165) is 19.3 Å². The minimum absolute atomic E-state index is 0.00667. The van der Waals surface area contributed by atoms with E-state index in [1.165, 1.54) is 115 Å². The Morgan fingerprint density at radius 3 is 1.42 bits per heavy atom. The lowest BCUT2D eigenvalue weighted by Crippen LogP contribution is -2.11. The highest BCUT2D eigenvalue weighted by molar-refractivity contribution is 7.60. The number of benzene rings is 1. The van der Waals surface area contributed by atoms with Gasteiger partial charge in [-0.25, -0.2) is 0 Å². The Labute approximate surface area is 191 Å². The van der Waals surface area contributed by atoms with Gasteiger partial charge in [-0.3, -0.25) is 4.57 Å². The predicted octanol–water partition coefficient (Wildman–Crippen LogP) is 7.78. The first-order valence-electron chi connectivity index (χ1n) is 12.8. The van der Waals surface area contributed by atoms with E-state index in [-0.39, 0.29) is 11.1 Å². The van der Waals surface area contributed by atoms with Crippen LogP contribution in [-0.2, 0) is 11.0 Å². The molecule has 1 aromatic carbocycles. The molecule has 0 aromatic heterocycles. The fourth-order valence-corrected chi connectivity index (χ4v) is 5.15. The lowest BCUT2D eigenvalue weighted by Gasteiger charge is -2.12. The second-order valence-electron chi connectivity index (χ2n) is 9.08. The van der Waals surface area contributed by atoms with Gasteiger partial charge in [-0.15, -0.1) is 0 Å². The lowest BCUT2D eigenvalue weighted by molar-refractivity contribution is 0.386. The highest BCUT2D eigenvalue weighted by Crippen LogP contribution is 2.37. The van der Waals surface area contributed by atoms with Crippen LogP contribution in [0, 0.1) is 0 Å². The molecule has 5 heteroatoms. The Morgan fingerprint density at radius 2 is 1.03 bits per heavy atom. The van der Waals surface area contributed by atoms with Gasteiger partial charge in [0.1, 0.15) is 5.75 Å². The van der Waals surface area contributed by atoms with Crippen LogP contribution >= 0.6 is 7.60 Å². The van der Waals surface area contributed by atoms with Crippen molar-refractivity contribution in [2.75, 3.05) is 0 Å². The summed E-state index contributed by atoms with van der Waals surface area (Å²) >= 11 is 0. The number of phenols is 1. The van der Waals surface area contributed by atoms with Crippen molar-refractivity contribution < 1.29 is 19.5 Å². The van der Waals surface area contributed by atoms with Gasteiger partial charge in [0.15, 0.2) is 0 Å². The van der Waals surface area contributed by atoms with Crippen LogP contribution in [0.15, 0.2) is 18.2 Å². The van der Waals surface area contributed by atoms with Crippen molar-refractivity contribution >= 4 is 12.9 Å². The van der Waals surface area contributed by atoms with Crippen molar-refractivity contribution in [3.8, 4) is 5.75 Å². The minimum Gasteiger partial charge on any atom is -0.508 e. The van der Waals surface area contributed by atoms with Gasteiger partial charge in [0.05, 0.1) is 5.30 Å². The number of aromatic hydroxyl groups is 1. The molecule has 0 bridgehead atoms. The van der Waals surface area contributed by atoms with Crippen molar-refractivity contribution in [3.63, 3.8) is 0 Å². The summed E-state index contributed by atoms with van der Waals surface area (Å²) in [5, 5.41) is 9.93. The first-order chi connectivity index (χ1) is 15.0. The van der Waals surface area contributed by atoms with Crippen LogP contribution in [0.1, 0.15) is 128 Å². The van der Waals surface area contributed by atoms with Gasteiger partial charge in [0.2, 0.25) is 0 Å². The molecule has 0 fully saturated rings. The summed E-state index contributed by atoms with van der Waals surface area (Å²) in [6.45, 7) is 2.27. The number of phenolic OH excluding ortho intramolecular Hbond substituents is 1. The maximum absolute atomic E-state index is 11.6. The van der Waals surface area contributed by atoms with Crippen LogP contribution in [0.25, 0.3) is 0 Å². The largest absolute Gasteiger partial charge is 0.508 e. The molecule has 4 nitrogen and oxygen atoms in total. The summed E-state index contributed by atoms with van der Waals surface area (Å²) in [6, 6.07) is 4.41. The third-order valence-corrected chi connectivity index (χ3v) is 7.27. The van der Waals surface area contributed by atoms with Gasteiger partial charge in [-0.2, -0.15) is 0 Å². The molecule has 1 rings (SSSR count). The van der Waals surface area contributed by atoms with E-state index < -0.39 is 7.60 Å². The standard InChI is InChI=1S/C26H47O4P/c1-2-3-4-5-6-7-8-9-10-11-12-13-14-15-16-17-18-19-21-24-25(27)22-20-23-26(24)31(28,29)30/h20,22-23,27H,2-19,21H2,1H3,(H2,28,29,30). The van der Waals surface area contributed by atoms with Crippen molar-refractivity contribution in [2.24, 2.45) is 0 Å². The molecule has 180 valence electrons. The molecular formula is C26H47O4P. The van der Waals surface area contributed by atoms with Crippen LogP contribution < -0.4 is 5.30 Å². The Kier molecular flexibility index (Phi) is 16.1. The van der Waals surface area contributed by atoms with Gasteiger partial charge in [-0.1, -0.05) is 122 Å². The highest BCUT2D eigenvalue weighted by atomic mass is 31.2. The zero-order chi connectivity index (χ0) is 22.8. The van der Waals surface area contributed by atoms with E-state index in [2.05, 4.69) is 6.92 Å². The van der Waals surface area contributed by atoms with Crippen molar-refractivity contribution in [1.29, 1.82) is 0 Å². The van der Waals surface area contributed by atoms with Gasteiger partial charge in [-0.05, 0) is 25.0 Å². The number of hydrogen-bond acceptors (Lipinski definition) is 2. The van der Waals surface area contributed by atoms with Gasteiger partial charge in [0, 0.05) is 5.56 Å². The fourth-order valence-electron chi connectivity index (χ4n) is 4.30. The second kappa shape index (κ2) is 17.7. The number of unbranched alkanes of at least 4 members (excludes halogenated alkanes) is 17. The summed E-state index contributed by atoms with van der Waals surface area (Å²) < 4.78 is 11.6. The predicted molar refractivity (Wildman–Crippen MR) is 132 cm³/mol. The number of hydrogen-bond donors (Lipinski definition) is 3. The molecule has 0 radical (unpaired) electrons. The molecule has 0 aliphatic carbocycles. The van der Waals surface area contributed by atoms with Gasteiger partial charge < -0.3 is 14.9 Å². The lowest BCUT2D eigenvalue weighted by atomic mass is 10.0. The van der Waals surface area contributed by atoms with Crippen LogP contribution in [0.2, 0.25) is 0 Å². The van der Waals surface area contributed by atoms with Crippen LogP contribution in [0.5, 0.6) is 5.75 Å². The highest BCUT2D eigenvalue weighted by Gasteiger charge is 2.22. The Hall–Kier alpha value is -0.830. The Bertz CT molecular complexity index is 611. The van der Waals surface area contributed by atoms with Crippen LogP contribution in [0.4, 0.5) is 0 Å². The maximum atomic E-state index is 11.6. The normalized spacial score (nSPS) is 11.8. The molecule has 1 aromatic rings. The molecule has 0 aliphatic rings. The molecule has 0 saturated carbocycles. The Balaban J connectivity index is 1.92. The SMILES string of the molecule is CCCCCCCCCCCCCCCCCCCCc1c(O)cccc1P(=O)(O)O. The third kappa shape index (κ3) is 14.0. The molecule has 0 unspecified atom stereocenters. The molecule has 0 amide bonds. The monoisotopic (exact) mass is 454 g/mol. The molecule has 31 heavy (non-hydrogen) atoms. The van der Waals surface area contributed by atoms with E-state index in [1.54, 1.807) is 0 Å². The van der Waals surface area contributed by atoms with E-state index in [9.17, 15) is 19.5 Å². The van der Waals surface area contributed by atoms with Gasteiger partial charge in [0.25, 0.3) is 0 Å². The molecule has 0 saturated heterocycles. The van der Waals surface area contributed by atoms with Crippen LogP contribution in [0.3, 0.4) is 0 Å². The topological polar surface area (TPSA) is 77.8 Å². The summed E-state index contributed by atoms with van der Waals surface area (Å²) in [7, 11) is -4.34. The third-order valence-electron chi connectivity index (χ3n) is 6.22. The minimum atomic E-state index is -4.34. The average molecular weight is 455 g/mol. The van der Waals surface area contributed by atoms with E-state index in [4.69, 9.17) is 0 Å². The Morgan fingerprint density at radius 1 is 0.645 bits per heavy atom. The van der Waals surface area contributed by atoms with E-state index in [1.807, 2.05) is 0 Å². The molecular weight excluding hydrogens is 407 g/mol. The molecule has 0 spiro atoms. The second-order valence-corrected chi connectivity index (χ2v) is 10.6. The molecule has 0 aliphatic heterocycles. The van der Waals surface area contributed by atoms with Crippen molar-refractivity contribution in [2.45, 2.75) is 129 Å². The fraction of sp³-hybridized carbons (Fsp3) is 0.769. The first kappa shape index (κ1) is 28.2. The van der Waals surface area contributed by atoms with Crippen molar-refractivity contribution in [1.82, 2.24) is 0 Å². The number of rotatable bonds is 20. The van der Waals surface area contributed by atoms with E-state index in [0.29, 0.717) is 12.0 Å². The summed E-state index contributed by atoms with van der Waals surface area (Å²) in [5.41, 5.74) is 0.410. The molecule has 0 atom stereocenters. The summed E-state index contributed by atoms with van der Waals surface area (Å²) in [4.78, 5) is 18.9. The quantitative estimate of drug-likeness (QED) is 0.139. The summed E-state index contributed by atoms with van der Waals surface area (Å²) in [6.07, 6.45) is 24.2. The van der Waals surface area contributed by atoms with Crippen LogP contribution in [-0.4, -0.2) is 14.9 Å². The zero-order valence-corrected chi connectivity index (χ0v) is 20.8. The molecule has 3 N–H and O–H groups in total. The van der Waals surface area contributed by atoms with Crippen molar-refractivity contribution in [3.05, 3.63) is 23.8 Å². The van der Waals surface area contributed by atoms with E-state index >= 15 is 0 Å². The average Bonchev–Trinajstić information content (AvgIpc) is 2.73. The zero-order valence-electron chi connectivity index (χ0n) is 19.9. The smallest absolute Gasteiger partial charge is 0.356 e. The van der Waals surface area contributed by atoms with Gasteiger partial charge >= 0.3 is 7.60 Å².